The van der Waals surface area contributed by atoms with Gasteiger partial charge in [-0.3, -0.25) is 14.5 Å². The molecule has 3 aromatic rings. The summed E-state index contributed by atoms with van der Waals surface area (Å²) in [5, 5.41) is 2.65. The minimum absolute atomic E-state index is 0.0249. The summed E-state index contributed by atoms with van der Waals surface area (Å²) in [5.74, 6) is -0.554. The zero-order valence-corrected chi connectivity index (χ0v) is 16.2. The minimum Gasteiger partial charge on any atom is -0.348 e. The molecule has 0 saturated heterocycles. The van der Waals surface area contributed by atoms with Crippen molar-refractivity contribution in [3.8, 4) is 0 Å². The lowest BCUT2D eigenvalue weighted by molar-refractivity contribution is -0.137. The van der Waals surface area contributed by atoms with E-state index in [9.17, 15) is 26.4 Å². The van der Waals surface area contributed by atoms with Crippen LogP contribution in [0, 0.1) is 0 Å². The standard InChI is InChI=1S/C20H16F3N3O3S/c21-20(22,23)15-6-3-7-16(11-15)30(28,29)26-18-9-2-1-8-17(18)19(27)25-13-14-5-4-10-24-12-14/h1-12,26H,13H2,(H,25,27). The highest BCUT2D eigenvalue weighted by Crippen LogP contribution is 2.31. The molecule has 0 saturated carbocycles. The lowest BCUT2D eigenvalue weighted by Crippen LogP contribution is -2.25. The molecule has 1 aromatic heterocycles. The third kappa shape index (κ3) is 5.15. The van der Waals surface area contributed by atoms with E-state index in [2.05, 4.69) is 15.0 Å². The van der Waals surface area contributed by atoms with Gasteiger partial charge in [0.25, 0.3) is 15.9 Å². The number of alkyl halides is 3. The highest BCUT2D eigenvalue weighted by atomic mass is 32.2. The van der Waals surface area contributed by atoms with Crippen LogP contribution in [0.25, 0.3) is 0 Å². The van der Waals surface area contributed by atoms with Gasteiger partial charge in [-0.2, -0.15) is 13.2 Å². The summed E-state index contributed by atoms with van der Waals surface area (Å²) in [5.41, 5.74) is -0.378. The monoisotopic (exact) mass is 435 g/mol. The number of aromatic nitrogens is 1. The van der Waals surface area contributed by atoms with Gasteiger partial charge in [-0.05, 0) is 42.0 Å². The van der Waals surface area contributed by atoms with E-state index in [-0.39, 0.29) is 17.8 Å². The molecule has 2 N–H and O–H groups in total. The quantitative estimate of drug-likeness (QED) is 0.616. The SMILES string of the molecule is O=C(NCc1cccnc1)c1ccccc1NS(=O)(=O)c1cccc(C(F)(F)F)c1. The van der Waals surface area contributed by atoms with Crippen molar-refractivity contribution in [2.75, 3.05) is 4.72 Å². The van der Waals surface area contributed by atoms with E-state index in [0.29, 0.717) is 6.07 Å². The van der Waals surface area contributed by atoms with Crippen LogP contribution in [-0.2, 0) is 22.7 Å². The van der Waals surface area contributed by atoms with Gasteiger partial charge in [0.2, 0.25) is 0 Å². The number of carbonyl (C=O) groups is 1. The van der Waals surface area contributed by atoms with Crippen LogP contribution in [0.4, 0.5) is 18.9 Å². The van der Waals surface area contributed by atoms with E-state index in [1.807, 2.05) is 0 Å². The van der Waals surface area contributed by atoms with Crippen LogP contribution in [-0.4, -0.2) is 19.3 Å². The van der Waals surface area contributed by atoms with E-state index in [1.54, 1.807) is 30.6 Å². The Labute approximate surface area is 170 Å². The number of carbonyl (C=O) groups excluding carboxylic acids is 1. The first kappa shape index (κ1) is 21.3. The van der Waals surface area contributed by atoms with Crippen LogP contribution in [0.3, 0.4) is 0 Å². The Hall–Kier alpha value is -3.40. The predicted molar refractivity (Wildman–Crippen MR) is 104 cm³/mol. The topological polar surface area (TPSA) is 88.2 Å². The lowest BCUT2D eigenvalue weighted by Gasteiger charge is -2.14. The molecule has 3 rings (SSSR count). The first-order chi connectivity index (χ1) is 14.2. The van der Waals surface area contributed by atoms with Gasteiger partial charge in [0.05, 0.1) is 21.7 Å². The Bertz CT molecular complexity index is 1150. The van der Waals surface area contributed by atoms with Crippen LogP contribution in [0.5, 0.6) is 0 Å². The maximum atomic E-state index is 12.9. The van der Waals surface area contributed by atoms with Crippen molar-refractivity contribution in [2.45, 2.75) is 17.6 Å². The normalized spacial score (nSPS) is 11.7. The molecule has 0 fully saturated rings. The molecule has 1 amide bonds. The Morgan fingerprint density at radius 2 is 1.77 bits per heavy atom. The predicted octanol–water partition coefficient (Wildman–Crippen LogP) is 3.83. The molecule has 6 nitrogen and oxygen atoms in total. The lowest BCUT2D eigenvalue weighted by atomic mass is 10.1. The molecule has 0 aliphatic carbocycles. The molecule has 30 heavy (non-hydrogen) atoms. The molecule has 156 valence electrons. The number of nitrogens with zero attached hydrogens (tertiary/aromatic N) is 1. The largest absolute Gasteiger partial charge is 0.416 e. The molecule has 2 aromatic carbocycles. The molecule has 0 aliphatic heterocycles. The van der Waals surface area contributed by atoms with Gasteiger partial charge in [0.1, 0.15) is 0 Å². The Kier molecular flexibility index (Phi) is 6.06. The number of benzene rings is 2. The highest BCUT2D eigenvalue weighted by Gasteiger charge is 2.31. The number of pyridine rings is 1. The maximum absolute atomic E-state index is 12.9. The second-order valence-electron chi connectivity index (χ2n) is 6.22. The van der Waals surface area contributed by atoms with E-state index >= 15 is 0 Å². The number of para-hydroxylation sites is 1. The molecule has 0 aliphatic rings. The van der Waals surface area contributed by atoms with Crippen LogP contribution in [0.1, 0.15) is 21.5 Å². The van der Waals surface area contributed by atoms with E-state index < -0.39 is 32.6 Å². The Morgan fingerprint density at radius 1 is 1.00 bits per heavy atom. The number of amides is 1. The molecule has 10 heteroatoms. The van der Waals surface area contributed by atoms with Crippen molar-refractivity contribution in [2.24, 2.45) is 0 Å². The Balaban J connectivity index is 1.83. The van der Waals surface area contributed by atoms with Gasteiger partial charge in [0, 0.05) is 18.9 Å². The third-order valence-electron chi connectivity index (χ3n) is 4.06. The first-order valence-corrected chi connectivity index (χ1v) is 10.1. The second-order valence-corrected chi connectivity index (χ2v) is 7.90. The summed E-state index contributed by atoms with van der Waals surface area (Å²) in [6.45, 7) is 0.168. The first-order valence-electron chi connectivity index (χ1n) is 8.63. The maximum Gasteiger partial charge on any atom is 0.416 e. The molecule has 1 heterocycles. The molecule has 0 radical (unpaired) electrons. The number of hydrogen-bond acceptors (Lipinski definition) is 4. The summed E-state index contributed by atoms with van der Waals surface area (Å²) in [4.78, 5) is 15.9. The van der Waals surface area contributed by atoms with Crippen molar-refractivity contribution in [1.29, 1.82) is 0 Å². The van der Waals surface area contributed by atoms with Gasteiger partial charge >= 0.3 is 6.18 Å². The molecular weight excluding hydrogens is 419 g/mol. The summed E-state index contributed by atoms with van der Waals surface area (Å²) in [6.07, 6.45) is -1.53. The van der Waals surface area contributed by atoms with Crippen molar-refractivity contribution in [1.82, 2.24) is 10.3 Å². The third-order valence-corrected chi connectivity index (χ3v) is 5.43. The number of nitrogens with one attached hydrogen (secondary N) is 2. The fourth-order valence-corrected chi connectivity index (χ4v) is 3.72. The van der Waals surface area contributed by atoms with Crippen molar-refractivity contribution >= 4 is 21.6 Å². The number of sulfonamides is 1. The summed E-state index contributed by atoms with van der Waals surface area (Å²) >= 11 is 0. The van der Waals surface area contributed by atoms with Crippen molar-refractivity contribution in [3.63, 3.8) is 0 Å². The highest BCUT2D eigenvalue weighted by molar-refractivity contribution is 7.92. The molecule has 0 spiro atoms. The van der Waals surface area contributed by atoms with E-state index in [4.69, 9.17) is 0 Å². The van der Waals surface area contributed by atoms with Crippen molar-refractivity contribution < 1.29 is 26.4 Å². The molecule has 0 atom stereocenters. The summed E-state index contributed by atoms with van der Waals surface area (Å²) in [7, 11) is -4.36. The van der Waals surface area contributed by atoms with Crippen LogP contribution in [0.2, 0.25) is 0 Å². The Morgan fingerprint density at radius 3 is 2.47 bits per heavy atom. The minimum atomic E-state index is -4.68. The zero-order valence-electron chi connectivity index (χ0n) is 15.3. The summed E-state index contributed by atoms with van der Waals surface area (Å²) in [6, 6.07) is 12.6. The van der Waals surface area contributed by atoms with Gasteiger partial charge in [0.15, 0.2) is 0 Å². The molecular formula is C20H16F3N3O3S. The van der Waals surface area contributed by atoms with Crippen LogP contribution < -0.4 is 10.0 Å². The average Bonchev–Trinajstić information content (AvgIpc) is 2.72. The smallest absolute Gasteiger partial charge is 0.348 e. The number of halogens is 3. The van der Waals surface area contributed by atoms with E-state index in [0.717, 1.165) is 23.8 Å². The van der Waals surface area contributed by atoms with E-state index in [1.165, 1.54) is 18.2 Å². The van der Waals surface area contributed by atoms with Gasteiger partial charge < -0.3 is 5.32 Å². The molecule has 0 unspecified atom stereocenters. The van der Waals surface area contributed by atoms with Crippen LogP contribution in [0.15, 0.2) is 78.0 Å². The zero-order chi connectivity index (χ0) is 21.8. The number of rotatable bonds is 6. The fourth-order valence-electron chi connectivity index (χ4n) is 2.59. The van der Waals surface area contributed by atoms with Gasteiger partial charge in [-0.15, -0.1) is 0 Å². The number of anilines is 1. The van der Waals surface area contributed by atoms with Gasteiger partial charge in [-0.25, -0.2) is 8.42 Å². The van der Waals surface area contributed by atoms with Gasteiger partial charge in [-0.1, -0.05) is 24.3 Å². The number of hydrogen-bond donors (Lipinski definition) is 2. The fraction of sp³-hybridized carbons (Fsp3) is 0.100. The summed E-state index contributed by atoms with van der Waals surface area (Å²) < 4.78 is 66.1. The second kappa shape index (κ2) is 8.54. The van der Waals surface area contributed by atoms with Crippen LogP contribution >= 0.6 is 0 Å². The van der Waals surface area contributed by atoms with Crippen molar-refractivity contribution in [3.05, 3.63) is 89.7 Å². The molecule has 0 bridgehead atoms. The average molecular weight is 435 g/mol.